The molecule has 0 fully saturated rings. The first-order valence-corrected chi connectivity index (χ1v) is 6.42. The molecular formula is C14H14N4O2. The molecule has 0 aliphatic carbocycles. The summed E-state index contributed by atoms with van der Waals surface area (Å²) in [6, 6.07) is 5.52. The van der Waals surface area contributed by atoms with Crippen LogP contribution < -0.4 is 5.56 Å². The molecule has 0 bridgehead atoms. The van der Waals surface area contributed by atoms with Crippen molar-refractivity contribution in [3.8, 4) is 0 Å². The van der Waals surface area contributed by atoms with E-state index < -0.39 is 0 Å². The molecule has 0 saturated heterocycles. The quantitative estimate of drug-likeness (QED) is 0.727. The first-order valence-electron chi connectivity index (χ1n) is 6.42. The van der Waals surface area contributed by atoms with Gasteiger partial charge in [-0.1, -0.05) is 25.1 Å². The van der Waals surface area contributed by atoms with Crippen LogP contribution in [-0.4, -0.2) is 19.7 Å². The van der Waals surface area contributed by atoms with Crippen LogP contribution >= 0.6 is 0 Å². The van der Waals surface area contributed by atoms with Crippen LogP contribution in [0.15, 0.2) is 39.9 Å². The summed E-state index contributed by atoms with van der Waals surface area (Å²) in [5.74, 6) is 1.24. The Balaban J connectivity index is 1.98. The van der Waals surface area contributed by atoms with Crippen LogP contribution in [0.2, 0.25) is 0 Å². The molecule has 0 saturated carbocycles. The van der Waals surface area contributed by atoms with Gasteiger partial charge >= 0.3 is 0 Å². The molecule has 0 N–H and O–H groups in total. The number of nitrogens with zero attached hydrogens (tertiary/aromatic N) is 4. The number of rotatable bonds is 3. The molecule has 102 valence electrons. The number of hydrogen-bond acceptors (Lipinski definition) is 5. The summed E-state index contributed by atoms with van der Waals surface area (Å²) >= 11 is 0. The number of hydrogen-bond donors (Lipinski definition) is 0. The average Bonchev–Trinajstić information content (AvgIpc) is 2.91. The second-order valence-corrected chi connectivity index (χ2v) is 4.89. The average molecular weight is 270 g/mol. The van der Waals surface area contributed by atoms with Crippen molar-refractivity contribution in [3.63, 3.8) is 0 Å². The summed E-state index contributed by atoms with van der Waals surface area (Å²) in [6.45, 7) is 4.23. The van der Waals surface area contributed by atoms with Gasteiger partial charge in [0.25, 0.3) is 5.56 Å². The fourth-order valence-electron chi connectivity index (χ4n) is 1.95. The summed E-state index contributed by atoms with van der Waals surface area (Å²) < 4.78 is 6.67. The fraction of sp³-hybridized carbons (Fsp3) is 0.286. The van der Waals surface area contributed by atoms with Crippen molar-refractivity contribution in [2.24, 2.45) is 0 Å². The van der Waals surface area contributed by atoms with Gasteiger partial charge in [-0.3, -0.25) is 9.78 Å². The predicted octanol–water partition coefficient (Wildman–Crippen LogP) is 1.95. The van der Waals surface area contributed by atoms with Crippen LogP contribution in [0.4, 0.5) is 0 Å². The van der Waals surface area contributed by atoms with Crippen molar-refractivity contribution in [1.29, 1.82) is 0 Å². The third-order valence-corrected chi connectivity index (χ3v) is 3.03. The lowest BCUT2D eigenvalue weighted by molar-refractivity contribution is 0.359. The van der Waals surface area contributed by atoms with E-state index in [1.54, 1.807) is 18.5 Å². The van der Waals surface area contributed by atoms with Crippen LogP contribution in [0.25, 0.3) is 10.9 Å². The largest absolute Gasteiger partial charge is 0.339 e. The van der Waals surface area contributed by atoms with E-state index in [1.807, 2.05) is 26.0 Å². The van der Waals surface area contributed by atoms with Gasteiger partial charge in [0.05, 0.1) is 6.54 Å². The number of aromatic nitrogens is 4. The first-order chi connectivity index (χ1) is 9.65. The number of fused-ring (bicyclic) bond motifs is 1. The van der Waals surface area contributed by atoms with Crippen LogP contribution in [0.5, 0.6) is 0 Å². The molecule has 3 aromatic heterocycles. The van der Waals surface area contributed by atoms with Crippen molar-refractivity contribution >= 4 is 10.9 Å². The Morgan fingerprint density at radius 3 is 2.95 bits per heavy atom. The lowest BCUT2D eigenvalue weighted by atomic mass is 10.2. The van der Waals surface area contributed by atoms with E-state index in [2.05, 4.69) is 15.1 Å². The zero-order valence-corrected chi connectivity index (χ0v) is 11.3. The Kier molecular flexibility index (Phi) is 3.06. The topological polar surface area (TPSA) is 73.8 Å². The standard InChI is InChI=1S/C14H14N4O2/c1-9(2)13-16-11(17-20-13)8-18-7-5-10-4-3-6-15-12(10)14(18)19/h3-7,9H,8H2,1-2H3. The van der Waals surface area contributed by atoms with Crippen molar-refractivity contribution in [2.75, 3.05) is 0 Å². The molecule has 3 aromatic rings. The van der Waals surface area contributed by atoms with Gasteiger partial charge in [-0.15, -0.1) is 0 Å². The van der Waals surface area contributed by atoms with Crippen LogP contribution in [0.1, 0.15) is 31.5 Å². The molecule has 0 atom stereocenters. The normalized spacial score (nSPS) is 11.3. The molecule has 0 amide bonds. The summed E-state index contributed by atoms with van der Waals surface area (Å²) in [5.41, 5.74) is 0.293. The van der Waals surface area contributed by atoms with E-state index in [0.717, 1.165) is 5.39 Å². The van der Waals surface area contributed by atoms with E-state index in [1.165, 1.54) is 4.57 Å². The van der Waals surface area contributed by atoms with Crippen molar-refractivity contribution in [1.82, 2.24) is 19.7 Å². The van der Waals surface area contributed by atoms with Gasteiger partial charge in [0.2, 0.25) is 5.89 Å². The molecule has 0 aliphatic rings. The van der Waals surface area contributed by atoms with E-state index in [0.29, 0.717) is 17.2 Å². The van der Waals surface area contributed by atoms with Gasteiger partial charge in [0.1, 0.15) is 5.52 Å². The van der Waals surface area contributed by atoms with Gasteiger partial charge < -0.3 is 9.09 Å². The smallest absolute Gasteiger partial charge is 0.277 e. The zero-order valence-electron chi connectivity index (χ0n) is 11.3. The first kappa shape index (κ1) is 12.5. The van der Waals surface area contributed by atoms with Gasteiger partial charge in [-0.25, -0.2) is 0 Å². The highest BCUT2D eigenvalue weighted by molar-refractivity contribution is 5.76. The highest BCUT2D eigenvalue weighted by Gasteiger charge is 2.11. The lowest BCUT2D eigenvalue weighted by Crippen LogP contribution is -2.21. The van der Waals surface area contributed by atoms with Gasteiger partial charge in [0, 0.05) is 23.7 Å². The highest BCUT2D eigenvalue weighted by atomic mass is 16.5. The van der Waals surface area contributed by atoms with Crippen LogP contribution in [0, 0.1) is 0 Å². The second kappa shape index (κ2) is 4.88. The summed E-state index contributed by atoms with van der Waals surface area (Å²) in [5, 5.41) is 4.71. The van der Waals surface area contributed by atoms with Crippen molar-refractivity contribution < 1.29 is 4.52 Å². The molecular weight excluding hydrogens is 256 g/mol. The van der Waals surface area contributed by atoms with Gasteiger partial charge in [0.15, 0.2) is 5.82 Å². The summed E-state index contributed by atoms with van der Waals surface area (Å²) in [4.78, 5) is 20.7. The SMILES string of the molecule is CC(C)c1nc(Cn2ccc3cccnc3c2=O)no1. The Bertz CT molecular complexity index is 804. The fourth-order valence-corrected chi connectivity index (χ4v) is 1.95. The third-order valence-electron chi connectivity index (χ3n) is 3.03. The third kappa shape index (κ3) is 2.20. The Labute approximate surface area is 115 Å². The second-order valence-electron chi connectivity index (χ2n) is 4.89. The maximum absolute atomic E-state index is 12.3. The minimum atomic E-state index is -0.154. The van der Waals surface area contributed by atoms with E-state index in [9.17, 15) is 4.79 Å². The zero-order chi connectivity index (χ0) is 14.1. The Morgan fingerprint density at radius 2 is 2.20 bits per heavy atom. The molecule has 0 unspecified atom stereocenters. The minimum Gasteiger partial charge on any atom is -0.339 e. The Hall–Kier alpha value is -2.50. The van der Waals surface area contributed by atoms with Gasteiger partial charge in [-0.2, -0.15) is 4.98 Å². The van der Waals surface area contributed by atoms with E-state index in [4.69, 9.17) is 4.52 Å². The molecule has 3 heterocycles. The lowest BCUT2D eigenvalue weighted by Gasteiger charge is -2.03. The summed E-state index contributed by atoms with van der Waals surface area (Å²) in [7, 11) is 0. The molecule has 20 heavy (non-hydrogen) atoms. The minimum absolute atomic E-state index is 0.154. The maximum Gasteiger partial charge on any atom is 0.277 e. The van der Waals surface area contributed by atoms with Crippen LogP contribution in [-0.2, 0) is 6.54 Å². The Morgan fingerprint density at radius 1 is 1.35 bits per heavy atom. The molecule has 3 rings (SSSR count). The number of pyridine rings is 2. The van der Waals surface area contributed by atoms with Crippen LogP contribution in [0.3, 0.4) is 0 Å². The van der Waals surface area contributed by atoms with Crippen molar-refractivity contribution in [2.45, 2.75) is 26.3 Å². The highest BCUT2D eigenvalue weighted by Crippen LogP contribution is 2.11. The molecule has 0 aromatic carbocycles. The monoisotopic (exact) mass is 270 g/mol. The van der Waals surface area contributed by atoms with E-state index in [-0.39, 0.29) is 18.0 Å². The maximum atomic E-state index is 12.3. The summed E-state index contributed by atoms with van der Waals surface area (Å²) in [6.07, 6.45) is 3.33. The van der Waals surface area contributed by atoms with Crippen molar-refractivity contribution in [3.05, 3.63) is 52.7 Å². The molecule has 6 nitrogen and oxygen atoms in total. The van der Waals surface area contributed by atoms with Gasteiger partial charge in [-0.05, 0) is 12.1 Å². The molecule has 6 heteroatoms. The predicted molar refractivity (Wildman–Crippen MR) is 73.5 cm³/mol. The molecule has 0 aliphatic heterocycles. The van der Waals surface area contributed by atoms with E-state index >= 15 is 0 Å². The molecule has 0 radical (unpaired) electrons. The molecule has 0 spiro atoms.